The molecule has 0 unspecified atom stereocenters. The smallest absolute Gasteiger partial charge is 0.120 e. The summed E-state index contributed by atoms with van der Waals surface area (Å²) >= 11 is 5.86. The second kappa shape index (κ2) is 5.21. The van der Waals surface area contributed by atoms with E-state index in [9.17, 15) is 5.11 Å². The molecule has 0 atom stereocenters. The molecule has 0 bridgehead atoms. The molecule has 2 rings (SSSR count). The zero-order valence-corrected chi connectivity index (χ0v) is 10.3. The van der Waals surface area contributed by atoms with Crippen molar-refractivity contribution in [2.24, 2.45) is 7.05 Å². The van der Waals surface area contributed by atoms with Gasteiger partial charge in [-0.1, -0.05) is 11.6 Å². The molecule has 1 heterocycles. The minimum atomic E-state index is 0.257. The van der Waals surface area contributed by atoms with Crippen LogP contribution in [0.5, 0.6) is 5.75 Å². The van der Waals surface area contributed by atoms with Crippen molar-refractivity contribution in [1.29, 1.82) is 0 Å². The first-order valence-electron chi connectivity index (χ1n) is 5.31. The van der Waals surface area contributed by atoms with E-state index in [-0.39, 0.29) is 5.75 Å². The van der Waals surface area contributed by atoms with E-state index < -0.39 is 0 Å². The summed E-state index contributed by atoms with van der Waals surface area (Å²) < 4.78 is 1.76. The number of nitrogens with one attached hydrogen (secondary N) is 1. The molecule has 0 aliphatic rings. The minimum absolute atomic E-state index is 0.257. The fourth-order valence-corrected chi connectivity index (χ4v) is 1.80. The van der Waals surface area contributed by atoms with Gasteiger partial charge < -0.3 is 10.4 Å². The summed E-state index contributed by atoms with van der Waals surface area (Å²) in [7, 11) is 1.88. The van der Waals surface area contributed by atoms with Crippen molar-refractivity contribution in [3.05, 3.63) is 46.7 Å². The lowest BCUT2D eigenvalue weighted by Gasteiger charge is -2.06. The van der Waals surface area contributed by atoms with Gasteiger partial charge >= 0.3 is 0 Å². The normalized spacial score (nSPS) is 10.7. The fourth-order valence-electron chi connectivity index (χ4n) is 1.60. The Bertz CT molecular complexity index is 510. The van der Waals surface area contributed by atoms with Gasteiger partial charge in [-0.2, -0.15) is 5.10 Å². The van der Waals surface area contributed by atoms with E-state index in [4.69, 9.17) is 11.6 Å². The van der Waals surface area contributed by atoms with Gasteiger partial charge in [-0.3, -0.25) is 4.68 Å². The van der Waals surface area contributed by atoms with E-state index in [1.54, 1.807) is 22.9 Å². The van der Waals surface area contributed by atoms with Gasteiger partial charge in [0.1, 0.15) is 5.75 Å². The maximum Gasteiger partial charge on any atom is 0.120 e. The van der Waals surface area contributed by atoms with Gasteiger partial charge in [-0.25, -0.2) is 0 Å². The summed E-state index contributed by atoms with van der Waals surface area (Å²) in [6, 6.07) is 5.03. The topological polar surface area (TPSA) is 50.1 Å². The lowest BCUT2D eigenvalue weighted by atomic mass is 10.2. The van der Waals surface area contributed by atoms with Crippen LogP contribution in [-0.2, 0) is 20.1 Å². The number of hydrogen-bond donors (Lipinski definition) is 2. The van der Waals surface area contributed by atoms with Gasteiger partial charge in [0.2, 0.25) is 0 Å². The third-order valence-corrected chi connectivity index (χ3v) is 2.68. The number of rotatable bonds is 4. The highest BCUT2D eigenvalue weighted by molar-refractivity contribution is 6.30. The second-order valence-corrected chi connectivity index (χ2v) is 4.34. The van der Waals surface area contributed by atoms with Crippen molar-refractivity contribution in [3.8, 4) is 5.75 Å². The number of nitrogens with zero attached hydrogens (tertiary/aromatic N) is 2. The maximum atomic E-state index is 9.62. The van der Waals surface area contributed by atoms with Gasteiger partial charge in [-0.15, -0.1) is 0 Å². The first-order chi connectivity index (χ1) is 8.15. The first-order valence-corrected chi connectivity index (χ1v) is 5.68. The third-order valence-electron chi connectivity index (χ3n) is 2.44. The standard InChI is InChI=1S/C12H14ClN3O/c1-16-8-9(6-15-16)5-14-7-10-4-11(13)2-3-12(10)17/h2-4,6,8,14,17H,5,7H2,1H3. The van der Waals surface area contributed by atoms with E-state index in [2.05, 4.69) is 10.4 Å². The molecule has 2 aromatic rings. The summed E-state index contributed by atoms with van der Waals surface area (Å²) in [6.45, 7) is 1.28. The van der Waals surface area contributed by atoms with Crippen LogP contribution in [0.15, 0.2) is 30.6 Å². The summed E-state index contributed by atoms with van der Waals surface area (Å²) in [5, 5.41) is 17.6. The minimum Gasteiger partial charge on any atom is -0.508 e. The number of aromatic hydroxyl groups is 1. The quantitative estimate of drug-likeness (QED) is 0.875. The van der Waals surface area contributed by atoms with E-state index in [0.29, 0.717) is 18.1 Å². The molecule has 0 spiro atoms. The van der Waals surface area contributed by atoms with E-state index in [0.717, 1.165) is 11.1 Å². The average molecular weight is 252 g/mol. The van der Waals surface area contributed by atoms with Crippen LogP contribution in [0.25, 0.3) is 0 Å². The number of aromatic nitrogens is 2. The molecule has 2 N–H and O–H groups in total. The molecule has 0 aliphatic carbocycles. The monoisotopic (exact) mass is 251 g/mol. The number of hydrogen-bond acceptors (Lipinski definition) is 3. The Kier molecular flexibility index (Phi) is 3.66. The molecule has 0 saturated heterocycles. The highest BCUT2D eigenvalue weighted by atomic mass is 35.5. The molecule has 4 nitrogen and oxygen atoms in total. The van der Waals surface area contributed by atoms with Crippen molar-refractivity contribution >= 4 is 11.6 Å². The van der Waals surface area contributed by atoms with Gasteiger partial charge in [0.05, 0.1) is 6.20 Å². The molecule has 0 amide bonds. The Balaban J connectivity index is 1.91. The largest absolute Gasteiger partial charge is 0.508 e. The highest BCUT2D eigenvalue weighted by Gasteiger charge is 2.02. The van der Waals surface area contributed by atoms with Gasteiger partial charge in [0.25, 0.3) is 0 Å². The number of aryl methyl sites for hydroxylation is 1. The molecule has 1 aromatic carbocycles. The molecule has 17 heavy (non-hydrogen) atoms. The molecular formula is C12H14ClN3O. The van der Waals surface area contributed by atoms with Crippen LogP contribution in [0.2, 0.25) is 5.02 Å². The van der Waals surface area contributed by atoms with Gasteiger partial charge in [-0.05, 0) is 18.2 Å². The summed E-state index contributed by atoms with van der Waals surface area (Å²) in [5.74, 6) is 0.257. The summed E-state index contributed by atoms with van der Waals surface area (Å²) in [5.41, 5.74) is 1.90. The van der Waals surface area contributed by atoms with Crippen LogP contribution >= 0.6 is 11.6 Å². The van der Waals surface area contributed by atoms with E-state index >= 15 is 0 Å². The van der Waals surface area contributed by atoms with Crippen LogP contribution < -0.4 is 5.32 Å². The zero-order chi connectivity index (χ0) is 12.3. The predicted octanol–water partition coefficient (Wildman–Crippen LogP) is 2.07. The van der Waals surface area contributed by atoms with Crippen LogP contribution in [0.3, 0.4) is 0 Å². The van der Waals surface area contributed by atoms with Crippen molar-refractivity contribution in [2.75, 3.05) is 0 Å². The zero-order valence-electron chi connectivity index (χ0n) is 9.52. The van der Waals surface area contributed by atoms with E-state index in [1.807, 2.05) is 19.4 Å². The van der Waals surface area contributed by atoms with Crippen LogP contribution in [0.4, 0.5) is 0 Å². The first kappa shape index (κ1) is 12.0. The Morgan fingerprint density at radius 2 is 2.24 bits per heavy atom. The number of phenols is 1. The predicted molar refractivity (Wildman–Crippen MR) is 66.9 cm³/mol. The lowest BCUT2D eigenvalue weighted by molar-refractivity contribution is 0.464. The van der Waals surface area contributed by atoms with E-state index in [1.165, 1.54) is 0 Å². The Morgan fingerprint density at radius 1 is 1.41 bits per heavy atom. The van der Waals surface area contributed by atoms with Crippen LogP contribution in [0, 0.1) is 0 Å². The van der Waals surface area contributed by atoms with Crippen molar-refractivity contribution in [3.63, 3.8) is 0 Å². The van der Waals surface area contributed by atoms with Crippen LogP contribution in [-0.4, -0.2) is 14.9 Å². The van der Waals surface area contributed by atoms with Crippen molar-refractivity contribution in [2.45, 2.75) is 13.1 Å². The molecule has 90 valence electrons. The van der Waals surface area contributed by atoms with Gasteiger partial charge in [0, 0.05) is 42.5 Å². The summed E-state index contributed by atoms with van der Waals surface area (Å²) in [6.07, 6.45) is 3.76. The van der Waals surface area contributed by atoms with Crippen LogP contribution in [0.1, 0.15) is 11.1 Å². The van der Waals surface area contributed by atoms with Crippen molar-refractivity contribution in [1.82, 2.24) is 15.1 Å². The Hall–Kier alpha value is -1.52. The second-order valence-electron chi connectivity index (χ2n) is 3.90. The highest BCUT2D eigenvalue weighted by Crippen LogP contribution is 2.21. The summed E-state index contributed by atoms with van der Waals surface area (Å²) in [4.78, 5) is 0. The lowest BCUT2D eigenvalue weighted by Crippen LogP contribution is -2.12. The molecule has 0 fully saturated rings. The Morgan fingerprint density at radius 3 is 2.94 bits per heavy atom. The molecule has 5 heteroatoms. The molecular weight excluding hydrogens is 238 g/mol. The maximum absolute atomic E-state index is 9.62. The molecule has 0 aliphatic heterocycles. The molecule has 1 aromatic heterocycles. The third kappa shape index (κ3) is 3.22. The number of halogens is 1. The fraction of sp³-hybridized carbons (Fsp3) is 0.250. The molecule has 0 radical (unpaired) electrons. The SMILES string of the molecule is Cn1cc(CNCc2cc(Cl)ccc2O)cn1. The average Bonchev–Trinajstić information content (AvgIpc) is 2.69. The number of benzene rings is 1. The van der Waals surface area contributed by atoms with Gasteiger partial charge in [0.15, 0.2) is 0 Å². The molecule has 0 saturated carbocycles. The van der Waals surface area contributed by atoms with Crippen molar-refractivity contribution < 1.29 is 5.11 Å². The Labute approximate surface area is 105 Å². The number of phenolic OH excluding ortho intramolecular Hbond substituents is 1.